The van der Waals surface area contributed by atoms with Crippen molar-refractivity contribution in [3.63, 3.8) is 0 Å². The molecule has 1 aromatic rings. The first-order valence-electron chi connectivity index (χ1n) is 6.32. The average molecular weight is 343 g/mol. The molecule has 6 heteroatoms. The Kier molecular flexibility index (Phi) is 6.01. The highest BCUT2D eigenvalue weighted by molar-refractivity contribution is 9.10. The first-order valence-corrected chi connectivity index (χ1v) is 7.11. The molecular formula is C14H19BrN2O3. The molecule has 0 saturated heterocycles. The van der Waals surface area contributed by atoms with Crippen molar-refractivity contribution in [2.24, 2.45) is 5.73 Å². The number of benzene rings is 1. The van der Waals surface area contributed by atoms with Crippen LogP contribution in [0.25, 0.3) is 0 Å². The Bertz CT molecular complexity index is 474. The minimum absolute atomic E-state index is 0.107. The number of carbonyl (C=O) groups is 2. The Hall–Kier alpha value is -1.56. The normalized spacial score (nSPS) is 12.1. The van der Waals surface area contributed by atoms with Crippen molar-refractivity contribution in [3.05, 3.63) is 28.7 Å². The van der Waals surface area contributed by atoms with Gasteiger partial charge in [-0.05, 0) is 45.0 Å². The molecule has 1 unspecified atom stereocenters. The van der Waals surface area contributed by atoms with Crippen LogP contribution >= 0.6 is 15.9 Å². The van der Waals surface area contributed by atoms with Crippen LogP contribution in [-0.4, -0.2) is 35.4 Å². The van der Waals surface area contributed by atoms with E-state index in [1.807, 2.05) is 26.0 Å². The van der Waals surface area contributed by atoms with E-state index in [-0.39, 0.29) is 18.5 Å². The largest absolute Gasteiger partial charge is 0.481 e. The second-order valence-electron chi connectivity index (χ2n) is 4.74. The van der Waals surface area contributed by atoms with E-state index in [2.05, 4.69) is 15.9 Å². The molecule has 110 valence electrons. The predicted molar refractivity (Wildman–Crippen MR) is 80.3 cm³/mol. The van der Waals surface area contributed by atoms with Gasteiger partial charge in [0, 0.05) is 10.5 Å². The molecule has 0 spiro atoms. The van der Waals surface area contributed by atoms with Crippen LogP contribution < -0.4 is 10.5 Å². The molecule has 2 amide bonds. The second-order valence-corrected chi connectivity index (χ2v) is 5.66. The summed E-state index contributed by atoms with van der Waals surface area (Å²) in [6, 6.07) is 7.07. The van der Waals surface area contributed by atoms with Crippen LogP contribution in [0.2, 0.25) is 0 Å². The summed E-state index contributed by atoms with van der Waals surface area (Å²) in [6.07, 6.45) is -0.682. The molecule has 1 rings (SSSR count). The third kappa shape index (κ3) is 4.85. The molecule has 0 saturated carbocycles. The van der Waals surface area contributed by atoms with E-state index in [9.17, 15) is 9.59 Å². The second kappa shape index (κ2) is 7.28. The van der Waals surface area contributed by atoms with Crippen molar-refractivity contribution in [1.29, 1.82) is 0 Å². The van der Waals surface area contributed by atoms with E-state index >= 15 is 0 Å². The third-order valence-corrected chi connectivity index (χ3v) is 3.24. The topological polar surface area (TPSA) is 72.6 Å². The fraction of sp³-hybridized carbons (Fsp3) is 0.429. The van der Waals surface area contributed by atoms with E-state index in [1.165, 1.54) is 4.90 Å². The van der Waals surface area contributed by atoms with Gasteiger partial charge in [-0.2, -0.15) is 0 Å². The number of hydrogen-bond donors (Lipinski definition) is 1. The Morgan fingerprint density at radius 3 is 2.25 bits per heavy atom. The number of nitrogens with two attached hydrogens (primary N) is 1. The van der Waals surface area contributed by atoms with Gasteiger partial charge >= 0.3 is 0 Å². The Morgan fingerprint density at radius 2 is 1.80 bits per heavy atom. The van der Waals surface area contributed by atoms with Crippen LogP contribution in [-0.2, 0) is 9.59 Å². The lowest BCUT2D eigenvalue weighted by Gasteiger charge is -2.28. The fourth-order valence-electron chi connectivity index (χ4n) is 1.68. The zero-order valence-electron chi connectivity index (χ0n) is 11.8. The number of hydrogen-bond acceptors (Lipinski definition) is 3. The van der Waals surface area contributed by atoms with Gasteiger partial charge in [0.15, 0.2) is 6.10 Å². The molecule has 0 aliphatic heterocycles. The summed E-state index contributed by atoms with van der Waals surface area (Å²) in [5.41, 5.74) is 5.16. The van der Waals surface area contributed by atoms with Gasteiger partial charge in [-0.25, -0.2) is 0 Å². The predicted octanol–water partition coefficient (Wildman–Crippen LogP) is 1.94. The number of carbonyl (C=O) groups excluding carboxylic acids is 2. The molecule has 0 heterocycles. The Balaban J connectivity index is 2.73. The Labute approximate surface area is 127 Å². The number of rotatable bonds is 6. The van der Waals surface area contributed by atoms with Crippen LogP contribution in [0.4, 0.5) is 0 Å². The maximum atomic E-state index is 12.3. The van der Waals surface area contributed by atoms with E-state index in [0.717, 1.165) is 4.47 Å². The van der Waals surface area contributed by atoms with Crippen molar-refractivity contribution in [2.45, 2.75) is 32.9 Å². The van der Waals surface area contributed by atoms with Crippen molar-refractivity contribution in [1.82, 2.24) is 4.90 Å². The molecule has 2 N–H and O–H groups in total. The van der Waals surface area contributed by atoms with E-state index < -0.39 is 12.0 Å². The van der Waals surface area contributed by atoms with Gasteiger partial charge in [0.2, 0.25) is 5.91 Å². The minimum atomic E-state index is -0.682. The van der Waals surface area contributed by atoms with Crippen molar-refractivity contribution < 1.29 is 14.3 Å². The first kappa shape index (κ1) is 16.5. The molecule has 1 atom stereocenters. The fourth-order valence-corrected chi connectivity index (χ4v) is 1.95. The molecule has 0 aliphatic carbocycles. The van der Waals surface area contributed by atoms with E-state index in [0.29, 0.717) is 5.75 Å². The van der Waals surface area contributed by atoms with Crippen LogP contribution in [0.1, 0.15) is 20.8 Å². The smallest absolute Gasteiger partial charge is 0.264 e. The number of ether oxygens (including phenoxy) is 1. The Morgan fingerprint density at radius 1 is 1.25 bits per heavy atom. The first-order chi connectivity index (χ1) is 9.31. The van der Waals surface area contributed by atoms with E-state index in [4.69, 9.17) is 10.5 Å². The highest BCUT2D eigenvalue weighted by Gasteiger charge is 2.25. The zero-order chi connectivity index (χ0) is 15.3. The molecule has 0 bridgehead atoms. The van der Waals surface area contributed by atoms with Gasteiger partial charge in [0.1, 0.15) is 5.75 Å². The van der Waals surface area contributed by atoms with Gasteiger partial charge < -0.3 is 15.4 Å². The zero-order valence-corrected chi connectivity index (χ0v) is 13.4. The van der Waals surface area contributed by atoms with Gasteiger partial charge in [0.25, 0.3) is 5.91 Å². The molecular weight excluding hydrogens is 324 g/mol. The highest BCUT2D eigenvalue weighted by Crippen LogP contribution is 2.18. The van der Waals surface area contributed by atoms with Crippen LogP contribution in [0.15, 0.2) is 28.7 Å². The molecule has 20 heavy (non-hydrogen) atoms. The number of primary amides is 1. The van der Waals surface area contributed by atoms with Gasteiger partial charge in [-0.3, -0.25) is 9.59 Å². The number of amides is 2. The quantitative estimate of drug-likeness (QED) is 0.858. The average Bonchev–Trinajstić information content (AvgIpc) is 2.37. The summed E-state index contributed by atoms with van der Waals surface area (Å²) in [5.74, 6) is -0.207. The number of nitrogens with zero attached hydrogens (tertiary/aromatic N) is 1. The van der Waals surface area contributed by atoms with Crippen molar-refractivity contribution in [3.8, 4) is 5.75 Å². The van der Waals surface area contributed by atoms with Gasteiger partial charge in [0.05, 0.1) is 6.54 Å². The molecule has 1 aromatic carbocycles. The summed E-state index contributed by atoms with van der Waals surface area (Å²) in [6.45, 7) is 5.20. The van der Waals surface area contributed by atoms with Crippen LogP contribution in [0.5, 0.6) is 5.75 Å². The SMILES string of the molecule is CC(Oc1ccc(Br)cc1)C(=O)N(CC(N)=O)C(C)C. The van der Waals surface area contributed by atoms with Crippen LogP contribution in [0, 0.1) is 0 Å². The minimum Gasteiger partial charge on any atom is -0.481 e. The maximum Gasteiger partial charge on any atom is 0.264 e. The van der Waals surface area contributed by atoms with Gasteiger partial charge in [-0.15, -0.1) is 0 Å². The summed E-state index contributed by atoms with van der Waals surface area (Å²) in [4.78, 5) is 24.7. The maximum absolute atomic E-state index is 12.3. The number of halogens is 1. The third-order valence-electron chi connectivity index (χ3n) is 2.71. The summed E-state index contributed by atoms with van der Waals surface area (Å²) in [5, 5.41) is 0. The monoisotopic (exact) mass is 342 g/mol. The lowest BCUT2D eigenvalue weighted by molar-refractivity contribution is -0.142. The molecule has 5 nitrogen and oxygen atoms in total. The van der Waals surface area contributed by atoms with Crippen LogP contribution in [0.3, 0.4) is 0 Å². The van der Waals surface area contributed by atoms with Crippen molar-refractivity contribution >= 4 is 27.7 Å². The van der Waals surface area contributed by atoms with Gasteiger partial charge in [-0.1, -0.05) is 15.9 Å². The standard InChI is InChI=1S/C14H19BrN2O3/c1-9(2)17(8-13(16)18)14(19)10(3)20-12-6-4-11(15)5-7-12/h4-7,9-10H,8H2,1-3H3,(H2,16,18). The van der Waals surface area contributed by atoms with Crippen molar-refractivity contribution in [2.75, 3.05) is 6.54 Å². The molecule has 0 fully saturated rings. The lowest BCUT2D eigenvalue weighted by atomic mass is 10.2. The summed E-state index contributed by atoms with van der Waals surface area (Å²) >= 11 is 3.33. The molecule has 0 aromatic heterocycles. The molecule has 0 radical (unpaired) electrons. The lowest BCUT2D eigenvalue weighted by Crippen LogP contribution is -2.48. The highest BCUT2D eigenvalue weighted by atomic mass is 79.9. The van der Waals surface area contributed by atoms with E-state index in [1.54, 1.807) is 19.1 Å². The summed E-state index contributed by atoms with van der Waals surface area (Å²) in [7, 11) is 0. The molecule has 0 aliphatic rings. The summed E-state index contributed by atoms with van der Waals surface area (Å²) < 4.78 is 6.51.